The van der Waals surface area contributed by atoms with E-state index in [4.69, 9.17) is 27.9 Å². The second kappa shape index (κ2) is 8.65. The van der Waals surface area contributed by atoms with Crippen LogP contribution >= 0.6 is 23.2 Å². The molecule has 2 heterocycles. The van der Waals surface area contributed by atoms with Crippen LogP contribution in [0.2, 0.25) is 10.0 Å². The van der Waals surface area contributed by atoms with E-state index in [2.05, 4.69) is 4.98 Å². The molecule has 1 aliphatic heterocycles. The number of amides is 1. The van der Waals surface area contributed by atoms with E-state index in [1.54, 1.807) is 24.5 Å². The maximum atomic E-state index is 12.9. The summed E-state index contributed by atoms with van der Waals surface area (Å²) in [5.41, 5.74) is 1.85. The molecule has 0 saturated carbocycles. The summed E-state index contributed by atoms with van der Waals surface area (Å²) in [6, 6.07) is 9.15. The van der Waals surface area contributed by atoms with Crippen molar-refractivity contribution in [2.45, 2.75) is 31.9 Å². The van der Waals surface area contributed by atoms with E-state index in [0.717, 1.165) is 30.6 Å². The zero-order chi connectivity index (χ0) is 17.6. The minimum atomic E-state index is 0.0396. The summed E-state index contributed by atoms with van der Waals surface area (Å²) in [6.45, 7) is 1.88. The molecule has 4 nitrogen and oxygen atoms in total. The number of rotatable bonds is 6. The van der Waals surface area contributed by atoms with Gasteiger partial charge in [-0.3, -0.25) is 9.78 Å². The Hall–Kier alpha value is -1.62. The number of hydrogen-bond donors (Lipinski definition) is 0. The van der Waals surface area contributed by atoms with Crippen LogP contribution in [-0.2, 0) is 22.5 Å². The fourth-order valence-corrected chi connectivity index (χ4v) is 3.26. The first-order valence-corrected chi connectivity index (χ1v) is 9.09. The number of ether oxygens (including phenoxy) is 1. The Labute approximate surface area is 157 Å². The molecular formula is C19H20Cl2N2O2. The second-order valence-electron chi connectivity index (χ2n) is 6.20. The van der Waals surface area contributed by atoms with Gasteiger partial charge >= 0.3 is 0 Å². The fraction of sp³-hybridized carbons (Fsp3) is 0.368. The maximum absolute atomic E-state index is 12.9. The van der Waals surface area contributed by atoms with Gasteiger partial charge in [0.15, 0.2) is 0 Å². The van der Waals surface area contributed by atoms with Crippen molar-refractivity contribution in [3.8, 4) is 0 Å². The molecule has 6 heteroatoms. The Balaban J connectivity index is 1.72. The molecule has 0 bridgehead atoms. The minimum absolute atomic E-state index is 0.0396. The van der Waals surface area contributed by atoms with Gasteiger partial charge in [-0.1, -0.05) is 35.3 Å². The third-order valence-electron chi connectivity index (χ3n) is 4.24. The Morgan fingerprint density at radius 2 is 2.12 bits per heavy atom. The molecule has 1 fully saturated rings. The van der Waals surface area contributed by atoms with Gasteiger partial charge in [-0.2, -0.15) is 0 Å². The van der Waals surface area contributed by atoms with E-state index in [-0.39, 0.29) is 18.4 Å². The highest BCUT2D eigenvalue weighted by molar-refractivity contribution is 6.42. The van der Waals surface area contributed by atoms with Crippen molar-refractivity contribution in [3.05, 3.63) is 63.9 Å². The zero-order valence-electron chi connectivity index (χ0n) is 13.8. The van der Waals surface area contributed by atoms with E-state index < -0.39 is 0 Å². The van der Waals surface area contributed by atoms with Gasteiger partial charge in [0, 0.05) is 32.1 Å². The lowest BCUT2D eigenvalue weighted by molar-refractivity contribution is -0.132. The first-order valence-electron chi connectivity index (χ1n) is 8.34. The van der Waals surface area contributed by atoms with Crippen LogP contribution in [0.25, 0.3) is 0 Å². The van der Waals surface area contributed by atoms with Gasteiger partial charge in [0.1, 0.15) is 0 Å². The SMILES string of the molecule is O=C(Cc1ccc(Cl)c(Cl)c1)N(Cc1cccnc1)CC1CCCO1. The Morgan fingerprint density at radius 3 is 2.80 bits per heavy atom. The number of carbonyl (C=O) groups is 1. The quantitative estimate of drug-likeness (QED) is 0.758. The number of aromatic nitrogens is 1. The molecule has 1 saturated heterocycles. The fourth-order valence-electron chi connectivity index (χ4n) is 2.94. The minimum Gasteiger partial charge on any atom is -0.376 e. The summed E-state index contributed by atoms with van der Waals surface area (Å²) in [5, 5.41) is 0.953. The summed E-state index contributed by atoms with van der Waals surface area (Å²) in [7, 11) is 0. The van der Waals surface area contributed by atoms with Gasteiger partial charge < -0.3 is 9.64 Å². The van der Waals surface area contributed by atoms with Gasteiger partial charge in [0.05, 0.1) is 22.6 Å². The second-order valence-corrected chi connectivity index (χ2v) is 7.01. The van der Waals surface area contributed by atoms with Crippen LogP contribution in [0.4, 0.5) is 0 Å². The van der Waals surface area contributed by atoms with Crippen LogP contribution in [0.15, 0.2) is 42.7 Å². The number of carbonyl (C=O) groups excluding carboxylic acids is 1. The molecule has 2 aromatic rings. The van der Waals surface area contributed by atoms with Crippen LogP contribution in [0.3, 0.4) is 0 Å². The van der Waals surface area contributed by atoms with Gasteiger partial charge in [0.25, 0.3) is 0 Å². The molecule has 25 heavy (non-hydrogen) atoms. The molecule has 1 unspecified atom stereocenters. The van der Waals surface area contributed by atoms with Crippen molar-refractivity contribution < 1.29 is 9.53 Å². The first kappa shape index (κ1) is 18.2. The van der Waals surface area contributed by atoms with Gasteiger partial charge in [-0.15, -0.1) is 0 Å². The first-order chi connectivity index (χ1) is 12.1. The lowest BCUT2D eigenvalue weighted by Crippen LogP contribution is -2.37. The van der Waals surface area contributed by atoms with E-state index >= 15 is 0 Å². The largest absolute Gasteiger partial charge is 0.376 e. The summed E-state index contributed by atoms with van der Waals surface area (Å²) in [6.07, 6.45) is 5.94. The van der Waals surface area contributed by atoms with E-state index in [0.29, 0.717) is 23.1 Å². The van der Waals surface area contributed by atoms with Crippen molar-refractivity contribution in [2.75, 3.05) is 13.2 Å². The topological polar surface area (TPSA) is 42.4 Å². The molecular weight excluding hydrogens is 359 g/mol. The number of hydrogen-bond acceptors (Lipinski definition) is 3. The zero-order valence-corrected chi connectivity index (χ0v) is 15.3. The lowest BCUT2D eigenvalue weighted by atomic mass is 10.1. The lowest BCUT2D eigenvalue weighted by Gasteiger charge is -2.25. The third-order valence-corrected chi connectivity index (χ3v) is 4.98. The average Bonchev–Trinajstić information content (AvgIpc) is 3.12. The molecule has 0 radical (unpaired) electrons. The highest BCUT2D eigenvalue weighted by atomic mass is 35.5. The molecule has 0 spiro atoms. The summed E-state index contributed by atoms with van der Waals surface area (Å²) >= 11 is 12.0. The van der Waals surface area contributed by atoms with Crippen molar-refractivity contribution in [3.63, 3.8) is 0 Å². The smallest absolute Gasteiger partial charge is 0.227 e. The van der Waals surface area contributed by atoms with Gasteiger partial charge in [-0.25, -0.2) is 0 Å². The van der Waals surface area contributed by atoms with Crippen molar-refractivity contribution in [1.29, 1.82) is 0 Å². The molecule has 1 atom stereocenters. The van der Waals surface area contributed by atoms with E-state index in [9.17, 15) is 4.79 Å². The molecule has 1 aromatic carbocycles. The molecule has 1 aromatic heterocycles. The number of nitrogens with zero attached hydrogens (tertiary/aromatic N) is 2. The summed E-state index contributed by atoms with van der Waals surface area (Å²) < 4.78 is 5.71. The van der Waals surface area contributed by atoms with Crippen molar-refractivity contribution in [2.24, 2.45) is 0 Å². The van der Waals surface area contributed by atoms with E-state index in [1.165, 1.54) is 0 Å². The normalized spacial score (nSPS) is 16.8. The predicted molar refractivity (Wildman–Crippen MR) is 98.8 cm³/mol. The molecule has 1 amide bonds. The number of halogens is 2. The van der Waals surface area contributed by atoms with Gasteiger partial charge in [-0.05, 0) is 42.2 Å². The summed E-state index contributed by atoms with van der Waals surface area (Å²) in [5.74, 6) is 0.0396. The Bertz CT molecular complexity index is 719. The monoisotopic (exact) mass is 378 g/mol. The maximum Gasteiger partial charge on any atom is 0.227 e. The van der Waals surface area contributed by atoms with Crippen molar-refractivity contribution in [1.82, 2.24) is 9.88 Å². The summed E-state index contributed by atoms with van der Waals surface area (Å²) in [4.78, 5) is 18.9. The molecule has 132 valence electrons. The van der Waals surface area contributed by atoms with Crippen LogP contribution in [0.5, 0.6) is 0 Å². The van der Waals surface area contributed by atoms with Crippen LogP contribution in [0.1, 0.15) is 24.0 Å². The van der Waals surface area contributed by atoms with E-state index in [1.807, 2.05) is 23.1 Å². The third kappa shape index (κ3) is 5.18. The Kier molecular flexibility index (Phi) is 6.29. The van der Waals surface area contributed by atoms with Crippen LogP contribution in [0, 0.1) is 0 Å². The molecule has 1 aliphatic rings. The van der Waals surface area contributed by atoms with Gasteiger partial charge in [0.2, 0.25) is 5.91 Å². The number of pyridine rings is 1. The standard InChI is InChI=1S/C19H20Cl2N2O2/c20-17-6-5-14(9-18(17)21)10-19(24)23(13-16-4-2-8-25-16)12-15-3-1-7-22-11-15/h1,3,5-7,9,11,16H,2,4,8,10,12-13H2. The Morgan fingerprint density at radius 1 is 1.24 bits per heavy atom. The molecule has 0 N–H and O–H groups in total. The van der Waals surface area contributed by atoms with Crippen LogP contribution < -0.4 is 0 Å². The van der Waals surface area contributed by atoms with Crippen LogP contribution in [-0.4, -0.2) is 35.0 Å². The highest BCUT2D eigenvalue weighted by Gasteiger charge is 2.23. The molecule has 3 rings (SSSR count). The predicted octanol–water partition coefficient (Wildman–Crippen LogP) is 4.14. The van der Waals surface area contributed by atoms with Crippen molar-refractivity contribution >= 4 is 29.1 Å². The highest BCUT2D eigenvalue weighted by Crippen LogP contribution is 2.23. The molecule has 0 aliphatic carbocycles. The average molecular weight is 379 g/mol. The number of benzene rings is 1.